The number of fused-ring (bicyclic) bond motifs is 1. The van der Waals surface area contributed by atoms with E-state index in [1.54, 1.807) is 22.8 Å². The first-order valence-corrected chi connectivity index (χ1v) is 9.02. The molecule has 26 heavy (non-hydrogen) atoms. The van der Waals surface area contributed by atoms with E-state index in [2.05, 4.69) is 10.1 Å². The van der Waals surface area contributed by atoms with Gasteiger partial charge in [0.25, 0.3) is 0 Å². The van der Waals surface area contributed by atoms with Crippen molar-refractivity contribution >= 4 is 11.6 Å². The van der Waals surface area contributed by atoms with E-state index in [4.69, 9.17) is 4.74 Å². The Kier molecular flexibility index (Phi) is 4.32. The number of carboxylic acids is 1. The van der Waals surface area contributed by atoms with Crippen molar-refractivity contribution in [2.24, 2.45) is 0 Å². The molecule has 1 aliphatic rings. The molecule has 1 saturated carbocycles. The minimum Gasteiger partial charge on any atom is -0.478 e. The molecule has 0 amide bonds. The number of hydrogen-bond donors (Lipinski definition) is 1. The zero-order valence-corrected chi connectivity index (χ0v) is 14.7. The number of ether oxygens (including phenoxy) is 1. The SMILES string of the molecule is CCOc1cc2nccc(-c3ccc(C(=O)O)c(C4CCCC4)c3)n2n1. The molecule has 6 nitrogen and oxygen atoms in total. The number of carbonyl (C=O) groups is 1. The molecule has 1 fully saturated rings. The summed E-state index contributed by atoms with van der Waals surface area (Å²) < 4.78 is 7.24. The summed E-state index contributed by atoms with van der Waals surface area (Å²) in [6.45, 7) is 2.45. The predicted molar refractivity (Wildman–Crippen MR) is 97.8 cm³/mol. The van der Waals surface area contributed by atoms with E-state index in [1.807, 2.05) is 25.1 Å². The minimum atomic E-state index is -0.865. The van der Waals surface area contributed by atoms with Gasteiger partial charge in [-0.15, -0.1) is 5.10 Å². The van der Waals surface area contributed by atoms with E-state index < -0.39 is 5.97 Å². The second-order valence-corrected chi connectivity index (χ2v) is 6.60. The van der Waals surface area contributed by atoms with Gasteiger partial charge >= 0.3 is 5.97 Å². The van der Waals surface area contributed by atoms with Crippen LogP contribution in [-0.2, 0) is 0 Å². The summed E-state index contributed by atoms with van der Waals surface area (Å²) in [7, 11) is 0. The van der Waals surface area contributed by atoms with Crippen LogP contribution in [0.4, 0.5) is 0 Å². The maximum Gasteiger partial charge on any atom is 0.335 e. The lowest BCUT2D eigenvalue weighted by Gasteiger charge is -2.15. The van der Waals surface area contributed by atoms with Crippen LogP contribution in [0, 0.1) is 0 Å². The molecule has 0 bridgehead atoms. The molecule has 3 aromatic rings. The zero-order chi connectivity index (χ0) is 18.1. The summed E-state index contributed by atoms with van der Waals surface area (Å²) in [5.74, 6) is -0.0170. The third-order valence-corrected chi connectivity index (χ3v) is 5.00. The third-order valence-electron chi connectivity index (χ3n) is 5.00. The molecular weight excluding hydrogens is 330 g/mol. The molecule has 2 aromatic heterocycles. The smallest absolute Gasteiger partial charge is 0.335 e. The van der Waals surface area contributed by atoms with Crippen molar-refractivity contribution in [3.8, 4) is 17.1 Å². The summed E-state index contributed by atoms with van der Waals surface area (Å²) in [5, 5.41) is 14.1. The van der Waals surface area contributed by atoms with Crippen molar-refractivity contribution in [1.29, 1.82) is 0 Å². The van der Waals surface area contributed by atoms with E-state index >= 15 is 0 Å². The van der Waals surface area contributed by atoms with Crippen molar-refractivity contribution < 1.29 is 14.6 Å². The molecule has 1 aliphatic carbocycles. The fourth-order valence-corrected chi connectivity index (χ4v) is 3.80. The topological polar surface area (TPSA) is 76.7 Å². The van der Waals surface area contributed by atoms with Crippen LogP contribution in [0.25, 0.3) is 16.9 Å². The molecular formula is C20H21N3O3. The molecule has 0 spiro atoms. The highest BCUT2D eigenvalue weighted by molar-refractivity contribution is 5.90. The predicted octanol–water partition coefficient (Wildman–Crippen LogP) is 4.15. The molecule has 1 N–H and O–H groups in total. The second kappa shape index (κ2) is 6.78. The minimum absolute atomic E-state index is 0.315. The monoisotopic (exact) mass is 351 g/mol. The Morgan fingerprint density at radius 2 is 2.08 bits per heavy atom. The fraction of sp³-hybridized carbons (Fsp3) is 0.350. The van der Waals surface area contributed by atoms with Gasteiger partial charge in [-0.2, -0.15) is 0 Å². The van der Waals surface area contributed by atoms with E-state index in [9.17, 15) is 9.90 Å². The van der Waals surface area contributed by atoms with Gasteiger partial charge in [0.15, 0.2) is 5.65 Å². The Morgan fingerprint density at radius 3 is 2.81 bits per heavy atom. The number of hydrogen-bond acceptors (Lipinski definition) is 4. The van der Waals surface area contributed by atoms with Crippen LogP contribution in [0.1, 0.15) is 54.4 Å². The zero-order valence-electron chi connectivity index (χ0n) is 14.7. The third kappa shape index (κ3) is 2.92. The van der Waals surface area contributed by atoms with Gasteiger partial charge in [0, 0.05) is 17.8 Å². The summed E-state index contributed by atoms with van der Waals surface area (Å²) in [6, 6.07) is 9.26. The van der Waals surface area contributed by atoms with Crippen LogP contribution in [0.2, 0.25) is 0 Å². The second-order valence-electron chi connectivity index (χ2n) is 6.60. The summed E-state index contributed by atoms with van der Waals surface area (Å²) in [4.78, 5) is 16.0. The molecule has 4 rings (SSSR count). The fourth-order valence-electron chi connectivity index (χ4n) is 3.80. The van der Waals surface area contributed by atoms with Gasteiger partial charge in [-0.1, -0.05) is 18.9 Å². The van der Waals surface area contributed by atoms with Gasteiger partial charge in [0.05, 0.1) is 17.9 Å². The highest BCUT2D eigenvalue weighted by atomic mass is 16.5. The van der Waals surface area contributed by atoms with Crippen LogP contribution < -0.4 is 4.74 Å². The Balaban J connectivity index is 1.84. The summed E-state index contributed by atoms with van der Waals surface area (Å²) >= 11 is 0. The number of aromatic nitrogens is 3. The van der Waals surface area contributed by atoms with Gasteiger partial charge in [-0.3, -0.25) is 0 Å². The van der Waals surface area contributed by atoms with Crippen LogP contribution in [0.15, 0.2) is 36.5 Å². The van der Waals surface area contributed by atoms with E-state index in [-0.39, 0.29) is 0 Å². The molecule has 0 saturated heterocycles. The summed E-state index contributed by atoms with van der Waals surface area (Å²) in [6.07, 6.45) is 6.15. The largest absolute Gasteiger partial charge is 0.478 e. The van der Waals surface area contributed by atoms with Crippen molar-refractivity contribution in [2.45, 2.75) is 38.5 Å². The van der Waals surface area contributed by atoms with Gasteiger partial charge in [-0.05, 0) is 49.4 Å². The molecule has 0 radical (unpaired) electrons. The Morgan fingerprint density at radius 1 is 1.27 bits per heavy atom. The van der Waals surface area contributed by atoms with Crippen LogP contribution in [0.3, 0.4) is 0 Å². The Bertz CT molecular complexity index is 958. The lowest BCUT2D eigenvalue weighted by molar-refractivity contribution is 0.0695. The number of rotatable bonds is 5. The average Bonchev–Trinajstić information content (AvgIpc) is 3.30. The summed E-state index contributed by atoms with van der Waals surface area (Å²) in [5.41, 5.74) is 3.85. The van der Waals surface area contributed by atoms with Crippen molar-refractivity contribution in [3.05, 3.63) is 47.7 Å². The first kappa shape index (κ1) is 16.6. The molecule has 6 heteroatoms. The normalized spacial score (nSPS) is 14.8. The lowest BCUT2D eigenvalue weighted by Crippen LogP contribution is -2.06. The molecule has 1 aromatic carbocycles. The molecule has 134 valence electrons. The van der Waals surface area contributed by atoms with E-state index in [1.165, 1.54) is 0 Å². The highest BCUT2D eigenvalue weighted by Crippen LogP contribution is 2.37. The number of aromatic carboxylic acids is 1. The van der Waals surface area contributed by atoms with E-state index in [0.717, 1.165) is 42.5 Å². The maximum atomic E-state index is 11.7. The first-order valence-electron chi connectivity index (χ1n) is 9.02. The standard InChI is InChI=1S/C20H21N3O3/c1-2-26-19-12-18-21-10-9-17(23(18)22-19)14-7-8-15(20(24)25)16(11-14)13-5-3-4-6-13/h7-13H,2-6H2,1H3,(H,24,25). The Labute approximate surface area is 151 Å². The van der Waals surface area contributed by atoms with Gasteiger partial charge in [-0.25, -0.2) is 14.3 Å². The van der Waals surface area contributed by atoms with Gasteiger partial charge < -0.3 is 9.84 Å². The molecule has 0 aliphatic heterocycles. The van der Waals surface area contributed by atoms with Crippen molar-refractivity contribution in [2.75, 3.05) is 6.61 Å². The van der Waals surface area contributed by atoms with E-state index in [0.29, 0.717) is 29.6 Å². The van der Waals surface area contributed by atoms with Crippen LogP contribution in [-0.4, -0.2) is 32.3 Å². The van der Waals surface area contributed by atoms with Crippen LogP contribution in [0.5, 0.6) is 5.88 Å². The van der Waals surface area contributed by atoms with Gasteiger partial charge in [0.2, 0.25) is 5.88 Å². The number of benzene rings is 1. The first-order chi connectivity index (χ1) is 12.7. The Hall–Kier alpha value is -2.89. The highest BCUT2D eigenvalue weighted by Gasteiger charge is 2.23. The number of carboxylic acid groups (broad SMARTS) is 1. The quantitative estimate of drug-likeness (QED) is 0.747. The lowest BCUT2D eigenvalue weighted by atomic mass is 9.90. The maximum absolute atomic E-state index is 11.7. The molecule has 0 atom stereocenters. The number of nitrogens with zero attached hydrogens (tertiary/aromatic N) is 3. The molecule has 2 heterocycles. The van der Waals surface area contributed by atoms with Crippen molar-refractivity contribution in [1.82, 2.24) is 14.6 Å². The van der Waals surface area contributed by atoms with Crippen LogP contribution >= 0.6 is 0 Å². The van der Waals surface area contributed by atoms with Crippen molar-refractivity contribution in [3.63, 3.8) is 0 Å². The average molecular weight is 351 g/mol. The van der Waals surface area contributed by atoms with Gasteiger partial charge in [0.1, 0.15) is 0 Å². The molecule has 0 unspecified atom stereocenters.